The zero-order valence-electron chi connectivity index (χ0n) is 17.3. The fourth-order valence-electron chi connectivity index (χ4n) is 3.57. The molecule has 1 N–H and O–H groups in total. The number of hydrogen-bond acceptors (Lipinski definition) is 4. The molecular weight excluding hydrogens is 385 g/mol. The third-order valence-corrected chi connectivity index (χ3v) is 5.18. The monoisotopic (exact) mass is 413 g/mol. The Kier molecular flexibility index (Phi) is 7.79. The highest BCUT2D eigenvalue weighted by Crippen LogP contribution is 2.13. The molecule has 0 atom stereocenters. The third kappa shape index (κ3) is 6.29. The van der Waals surface area contributed by atoms with Crippen molar-refractivity contribution < 1.29 is 18.7 Å². The van der Waals surface area contributed by atoms with Gasteiger partial charge in [-0.3, -0.25) is 14.5 Å². The number of ether oxygens (including phenoxy) is 1. The standard InChI is InChI=1S/C23H28FN3O3/c1-30-21-8-2-5-18(15-21)9-10-25-22(28)17-26-11-4-12-27(14-13-26)23(29)19-6-3-7-20(24)16-19/h2-3,5-8,15-16H,4,9-14,17H2,1H3,(H,25,28). The van der Waals surface area contributed by atoms with E-state index in [0.717, 1.165) is 30.7 Å². The van der Waals surface area contributed by atoms with E-state index in [9.17, 15) is 14.0 Å². The number of rotatable bonds is 7. The van der Waals surface area contributed by atoms with Gasteiger partial charge in [-0.2, -0.15) is 0 Å². The second kappa shape index (κ2) is 10.7. The van der Waals surface area contributed by atoms with E-state index >= 15 is 0 Å². The van der Waals surface area contributed by atoms with E-state index in [1.807, 2.05) is 24.3 Å². The molecule has 2 aromatic carbocycles. The van der Waals surface area contributed by atoms with Crippen molar-refractivity contribution in [2.45, 2.75) is 12.8 Å². The minimum atomic E-state index is -0.414. The molecule has 0 saturated carbocycles. The molecule has 1 heterocycles. The summed E-state index contributed by atoms with van der Waals surface area (Å²) in [5.74, 6) is 0.200. The SMILES string of the molecule is COc1cccc(CCNC(=O)CN2CCCN(C(=O)c3cccc(F)c3)CC2)c1. The van der Waals surface area contributed by atoms with Gasteiger partial charge in [0.25, 0.3) is 5.91 Å². The maximum Gasteiger partial charge on any atom is 0.254 e. The fourth-order valence-corrected chi connectivity index (χ4v) is 3.57. The van der Waals surface area contributed by atoms with Crippen LogP contribution < -0.4 is 10.1 Å². The second-order valence-electron chi connectivity index (χ2n) is 7.38. The lowest BCUT2D eigenvalue weighted by Crippen LogP contribution is -2.40. The Morgan fingerprint density at radius 1 is 1.07 bits per heavy atom. The third-order valence-electron chi connectivity index (χ3n) is 5.18. The van der Waals surface area contributed by atoms with Gasteiger partial charge in [0.15, 0.2) is 0 Å². The highest BCUT2D eigenvalue weighted by Gasteiger charge is 2.21. The Morgan fingerprint density at radius 2 is 1.90 bits per heavy atom. The summed E-state index contributed by atoms with van der Waals surface area (Å²) in [5, 5.41) is 2.96. The predicted molar refractivity (Wildman–Crippen MR) is 113 cm³/mol. The van der Waals surface area contributed by atoms with Gasteiger partial charge in [-0.05, 0) is 48.7 Å². The number of nitrogens with one attached hydrogen (secondary N) is 1. The van der Waals surface area contributed by atoms with E-state index < -0.39 is 5.82 Å². The van der Waals surface area contributed by atoms with E-state index in [1.165, 1.54) is 12.1 Å². The lowest BCUT2D eigenvalue weighted by molar-refractivity contribution is -0.122. The van der Waals surface area contributed by atoms with Gasteiger partial charge in [-0.15, -0.1) is 0 Å². The van der Waals surface area contributed by atoms with Crippen LogP contribution in [0.1, 0.15) is 22.3 Å². The van der Waals surface area contributed by atoms with Gasteiger partial charge in [-0.25, -0.2) is 4.39 Å². The molecule has 0 bridgehead atoms. The van der Waals surface area contributed by atoms with Crippen LogP contribution in [-0.2, 0) is 11.2 Å². The van der Waals surface area contributed by atoms with Crippen molar-refractivity contribution in [3.05, 3.63) is 65.5 Å². The minimum Gasteiger partial charge on any atom is -0.497 e. The Morgan fingerprint density at radius 3 is 2.70 bits per heavy atom. The number of halogens is 1. The van der Waals surface area contributed by atoms with Gasteiger partial charge in [0.2, 0.25) is 5.91 Å². The van der Waals surface area contributed by atoms with Crippen LogP contribution in [0.2, 0.25) is 0 Å². The fraction of sp³-hybridized carbons (Fsp3) is 0.391. The number of carbonyl (C=O) groups excluding carboxylic acids is 2. The van der Waals surface area contributed by atoms with E-state index in [2.05, 4.69) is 10.2 Å². The number of methoxy groups -OCH3 is 1. The quantitative estimate of drug-likeness (QED) is 0.757. The van der Waals surface area contributed by atoms with Crippen molar-refractivity contribution in [2.24, 2.45) is 0 Å². The Labute approximate surface area is 176 Å². The number of benzene rings is 2. The van der Waals surface area contributed by atoms with Crippen molar-refractivity contribution in [3.63, 3.8) is 0 Å². The van der Waals surface area contributed by atoms with Crippen LogP contribution >= 0.6 is 0 Å². The first-order valence-corrected chi connectivity index (χ1v) is 10.2. The normalized spacial score (nSPS) is 14.8. The molecule has 0 aromatic heterocycles. The molecular formula is C23H28FN3O3. The molecule has 0 spiro atoms. The Hall–Kier alpha value is -2.93. The van der Waals surface area contributed by atoms with Gasteiger partial charge in [-0.1, -0.05) is 18.2 Å². The molecule has 0 aliphatic carbocycles. The number of carbonyl (C=O) groups is 2. The summed E-state index contributed by atoms with van der Waals surface area (Å²) < 4.78 is 18.6. The molecule has 6 nitrogen and oxygen atoms in total. The molecule has 0 unspecified atom stereocenters. The van der Waals surface area contributed by atoms with Crippen LogP contribution in [0.15, 0.2) is 48.5 Å². The minimum absolute atomic E-state index is 0.0252. The predicted octanol–water partition coefficient (Wildman–Crippen LogP) is 2.34. The van der Waals surface area contributed by atoms with Crippen LogP contribution in [0, 0.1) is 5.82 Å². The summed E-state index contributed by atoms with van der Waals surface area (Å²) >= 11 is 0. The number of hydrogen-bond donors (Lipinski definition) is 1. The molecule has 1 aliphatic heterocycles. The van der Waals surface area contributed by atoms with Gasteiger partial charge >= 0.3 is 0 Å². The molecule has 160 valence electrons. The molecule has 1 fully saturated rings. The summed E-state index contributed by atoms with van der Waals surface area (Å²) in [7, 11) is 1.63. The van der Waals surface area contributed by atoms with Crippen molar-refractivity contribution in [3.8, 4) is 5.75 Å². The van der Waals surface area contributed by atoms with Gasteiger partial charge in [0.1, 0.15) is 11.6 Å². The van der Waals surface area contributed by atoms with Crippen LogP contribution in [0.5, 0.6) is 5.75 Å². The molecule has 2 amide bonds. The summed E-state index contributed by atoms with van der Waals surface area (Å²) in [6.45, 7) is 3.35. The van der Waals surface area contributed by atoms with Gasteiger partial charge in [0.05, 0.1) is 13.7 Å². The van der Waals surface area contributed by atoms with Crippen LogP contribution in [0.4, 0.5) is 4.39 Å². The topological polar surface area (TPSA) is 61.9 Å². The summed E-state index contributed by atoms with van der Waals surface area (Å²) in [6, 6.07) is 13.6. The Balaban J connectivity index is 1.42. The van der Waals surface area contributed by atoms with Crippen molar-refractivity contribution >= 4 is 11.8 Å². The maximum atomic E-state index is 13.4. The molecule has 1 saturated heterocycles. The highest BCUT2D eigenvalue weighted by molar-refractivity contribution is 5.94. The van der Waals surface area contributed by atoms with E-state index in [0.29, 0.717) is 38.3 Å². The lowest BCUT2D eigenvalue weighted by atomic mass is 10.1. The Bertz CT molecular complexity index is 874. The molecule has 0 radical (unpaired) electrons. The first-order valence-electron chi connectivity index (χ1n) is 10.2. The zero-order valence-corrected chi connectivity index (χ0v) is 17.3. The average molecular weight is 413 g/mol. The summed E-state index contributed by atoms with van der Waals surface area (Å²) in [5.41, 5.74) is 1.47. The highest BCUT2D eigenvalue weighted by atomic mass is 19.1. The first-order chi connectivity index (χ1) is 14.5. The van der Waals surface area contributed by atoms with E-state index in [4.69, 9.17) is 4.74 Å². The zero-order chi connectivity index (χ0) is 21.3. The van der Waals surface area contributed by atoms with E-state index in [1.54, 1.807) is 24.1 Å². The van der Waals surface area contributed by atoms with Crippen LogP contribution in [0.25, 0.3) is 0 Å². The van der Waals surface area contributed by atoms with Gasteiger partial charge < -0.3 is 15.0 Å². The molecule has 1 aliphatic rings. The van der Waals surface area contributed by atoms with Crippen molar-refractivity contribution in [1.29, 1.82) is 0 Å². The smallest absolute Gasteiger partial charge is 0.254 e. The number of amides is 2. The van der Waals surface area contributed by atoms with E-state index in [-0.39, 0.29) is 11.8 Å². The van der Waals surface area contributed by atoms with Crippen molar-refractivity contribution in [2.75, 3.05) is 46.4 Å². The van der Waals surface area contributed by atoms with Gasteiger partial charge in [0, 0.05) is 38.3 Å². The van der Waals surface area contributed by atoms with Crippen molar-refractivity contribution in [1.82, 2.24) is 15.1 Å². The largest absolute Gasteiger partial charge is 0.497 e. The maximum absolute atomic E-state index is 13.4. The molecule has 30 heavy (non-hydrogen) atoms. The lowest BCUT2D eigenvalue weighted by Gasteiger charge is -2.22. The first kappa shape index (κ1) is 21.8. The van der Waals surface area contributed by atoms with Crippen LogP contribution in [0.3, 0.4) is 0 Å². The second-order valence-corrected chi connectivity index (χ2v) is 7.38. The summed E-state index contributed by atoms with van der Waals surface area (Å²) in [6.07, 6.45) is 1.51. The molecule has 7 heteroatoms. The average Bonchev–Trinajstić information content (AvgIpc) is 2.99. The van der Waals surface area contributed by atoms with Crippen LogP contribution in [-0.4, -0.2) is 68.0 Å². The molecule has 2 aromatic rings. The summed E-state index contributed by atoms with van der Waals surface area (Å²) in [4.78, 5) is 28.7. The number of nitrogens with zero attached hydrogens (tertiary/aromatic N) is 2. The molecule has 3 rings (SSSR count).